The van der Waals surface area contributed by atoms with Crippen molar-refractivity contribution in [3.8, 4) is 0 Å². The number of nitrogens with one attached hydrogen (secondary N) is 1. The maximum atomic E-state index is 13.5. The highest BCUT2D eigenvalue weighted by atomic mass is 79.9. The molecule has 1 N–H and O–H groups in total. The van der Waals surface area contributed by atoms with E-state index in [1.54, 1.807) is 0 Å². The molecule has 0 saturated carbocycles. The smallest absolute Gasteiger partial charge is 0.211 e. The first kappa shape index (κ1) is 15.6. The summed E-state index contributed by atoms with van der Waals surface area (Å²) in [6.07, 6.45) is 3.91. The van der Waals surface area contributed by atoms with Crippen molar-refractivity contribution in [2.45, 2.75) is 37.5 Å². The summed E-state index contributed by atoms with van der Waals surface area (Å²) in [5.74, 6) is -0.745. The standard InChI is InChI=1S/C12H17BrFNO2S/c1-2-3-4-5-8-15-18(16,17)12-7-6-10(13)9-11(12)14/h6-7,9,15H,2-5,8H2,1H3. The number of benzene rings is 1. The van der Waals surface area contributed by atoms with Crippen molar-refractivity contribution in [3.63, 3.8) is 0 Å². The summed E-state index contributed by atoms with van der Waals surface area (Å²) in [7, 11) is -3.74. The van der Waals surface area contributed by atoms with E-state index in [0.717, 1.165) is 31.7 Å². The Hall–Kier alpha value is -0.460. The number of unbranched alkanes of at least 4 members (excludes halogenated alkanes) is 3. The van der Waals surface area contributed by atoms with Crippen LogP contribution in [0.5, 0.6) is 0 Å². The molecule has 0 aliphatic heterocycles. The van der Waals surface area contributed by atoms with Gasteiger partial charge in [-0.25, -0.2) is 17.5 Å². The van der Waals surface area contributed by atoms with Crippen LogP contribution < -0.4 is 4.72 Å². The van der Waals surface area contributed by atoms with Crippen LogP contribution in [-0.4, -0.2) is 15.0 Å². The van der Waals surface area contributed by atoms with Crippen molar-refractivity contribution >= 4 is 26.0 Å². The van der Waals surface area contributed by atoms with Crippen molar-refractivity contribution in [2.75, 3.05) is 6.54 Å². The molecule has 6 heteroatoms. The Bertz CT molecular complexity index is 491. The zero-order chi connectivity index (χ0) is 13.6. The Balaban J connectivity index is 2.63. The van der Waals surface area contributed by atoms with E-state index in [-0.39, 0.29) is 4.90 Å². The molecule has 1 aromatic carbocycles. The molecule has 0 aliphatic rings. The lowest BCUT2D eigenvalue weighted by atomic mass is 10.2. The molecule has 0 fully saturated rings. The van der Waals surface area contributed by atoms with Gasteiger partial charge in [-0.3, -0.25) is 0 Å². The molecule has 0 spiro atoms. The van der Waals surface area contributed by atoms with Crippen molar-refractivity contribution in [1.29, 1.82) is 0 Å². The van der Waals surface area contributed by atoms with E-state index >= 15 is 0 Å². The molecule has 0 aromatic heterocycles. The Morgan fingerprint density at radius 1 is 1.28 bits per heavy atom. The molecule has 0 amide bonds. The molecular formula is C12H17BrFNO2S. The van der Waals surface area contributed by atoms with Crippen LogP contribution in [0.15, 0.2) is 27.6 Å². The molecule has 0 unspecified atom stereocenters. The van der Waals surface area contributed by atoms with Gasteiger partial charge in [-0.1, -0.05) is 42.1 Å². The minimum absolute atomic E-state index is 0.304. The first-order valence-corrected chi connectivity index (χ1v) is 8.19. The summed E-state index contributed by atoms with van der Waals surface area (Å²) in [4.78, 5) is -0.304. The predicted molar refractivity (Wildman–Crippen MR) is 73.4 cm³/mol. The van der Waals surface area contributed by atoms with Crippen LogP contribution in [0.1, 0.15) is 32.6 Å². The van der Waals surface area contributed by atoms with Gasteiger partial charge >= 0.3 is 0 Å². The number of sulfonamides is 1. The molecule has 102 valence electrons. The lowest BCUT2D eigenvalue weighted by molar-refractivity contribution is 0.552. The largest absolute Gasteiger partial charge is 0.243 e. The van der Waals surface area contributed by atoms with Gasteiger partial charge in [-0.15, -0.1) is 0 Å². The second kappa shape index (κ2) is 7.21. The fraction of sp³-hybridized carbons (Fsp3) is 0.500. The van der Waals surface area contributed by atoms with Gasteiger partial charge < -0.3 is 0 Å². The SMILES string of the molecule is CCCCCCNS(=O)(=O)c1ccc(Br)cc1F. The lowest BCUT2D eigenvalue weighted by Crippen LogP contribution is -2.25. The average Bonchev–Trinajstić information content (AvgIpc) is 2.28. The van der Waals surface area contributed by atoms with E-state index < -0.39 is 15.8 Å². The molecule has 0 saturated heterocycles. The Kier molecular flexibility index (Phi) is 6.25. The molecule has 0 atom stereocenters. The van der Waals surface area contributed by atoms with Crippen molar-refractivity contribution in [1.82, 2.24) is 4.72 Å². The van der Waals surface area contributed by atoms with Crippen molar-refractivity contribution in [3.05, 3.63) is 28.5 Å². The minimum atomic E-state index is -3.74. The monoisotopic (exact) mass is 337 g/mol. The van der Waals surface area contributed by atoms with Crippen LogP contribution in [0.2, 0.25) is 0 Å². The van der Waals surface area contributed by atoms with Crippen LogP contribution in [0.3, 0.4) is 0 Å². The number of hydrogen-bond donors (Lipinski definition) is 1. The highest BCUT2D eigenvalue weighted by Gasteiger charge is 2.18. The van der Waals surface area contributed by atoms with Crippen LogP contribution in [0.4, 0.5) is 4.39 Å². The Morgan fingerprint density at radius 2 is 2.00 bits per heavy atom. The fourth-order valence-corrected chi connectivity index (χ4v) is 2.99. The third-order valence-corrected chi connectivity index (χ3v) is 4.49. The lowest BCUT2D eigenvalue weighted by Gasteiger charge is -2.07. The third-order valence-electron chi connectivity index (χ3n) is 2.51. The fourth-order valence-electron chi connectivity index (χ4n) is 1.53. The van der Waals surface area contributed by atoms with Crippen LogP contribution in [0, 0.1) is 5.82 Å². The number of rotatable bonds is 7. The van der Waals surface area contributed by atoms with E-state index in [0.29, 0.717) is 11.0 Å². The normalized spacial score (nSPS) is 11.7. The van der Waals surface area contributed by atoms with Gasteiger partial charge in [0.1, 0.15) is 10.7 Å². The van der Waals surface area contributed by atoms with Crippen molar-refractivity contribution < 1.29 is 12.8 Å². The second-order valence-electron chi connectivity index (χ2n) is 4.03. The van der Waals surface area contributed by atoms with Gasteiger partial charge in [0.25, 0.3) is 0 Å². The van der Waals surface area contributed by atoms with E-state index in [2.05, 4.69) is 27.6 Å². The topological polar surface area (TPSA) is 46.2 Å². The zero-order valence-electron chi connectivity index (χ0n) is 10.2. The molecule has 1 aromatic rings. The molecule has 18 heavy (non-hydrogen) atoms. The first-order valence-electron chi connectivity index (χ1n) is 5.92. The van der Waals surface area contributed by atoms with Gasteiger partial charge in [-0.05, 0) is 24.6 Å². The zero-order valence-corrected chi connectivity index (χ0v) is 12.7. The summed E-state index contributed by atoms with van der Waals surface area (Å²) >= 11 is 3.09. The van der Waals surface area contributed by atoms with Gasteiger partial charge in [0.15, 0.2) is 0 Å². The summed E-state index contributed by atoms with van der Waals surface area (Å²) < 4.78 is 40.1. The van der Waals surface area contributed by atoms with E-state index in [1.165, 1.54) is 12.1 Å². The Labute approximate surface area is 116 Å². The molecule has 0 aliphatic carbocycles. The molecule has 1 rings (SSSR count). The summed E-state index contributed by atoms with van der Waals surface area (Å²) in [6.45, 7) is 2.43. The highest BCUT2D eigenvalue weighted by molar-refractivity contribution is 9.10. The van der Waals surface area contributed by atoms with E-state index in [9.17, 15) is 12.8 Å². The van der Waals surface area contributed by atoms with Crippen molar-refractivity contribution in [2.24, 2.45) is 0 Å². The summed E-state index contributed by atoms with van der Waals surface area (Å²) in [6, 6.07) is 3.91. The molecule has 0 radical (unpaired) electrons. The minimum Gasteiger partial charge on any atom is -0.211 e. The highest BCUT2D eigenvalue weighted by Crippen LogP contribution is 2.19. The Morgan fingerprint density at radius 3 is 2.61 bits per heavy atom. The van der Waals surface area contributed by atoms with Gasteiger partial charge in [0.2, 0.25) is 10.0 Å². The first-order chi connectivity index (χ1) is 8.47. The summed E-state index contributed by atoms with van der Waals surface area (Å²) in [5, 5.41) is 0. The van der Waals surface area contributed by atoms with Gasteiger partial charge in [0, 0.05) is 11.0 Å². The van der Waals surface area contributed by atoms with Gasteiger partial charge in [0.05, 0.1) is 0 Å². The van der Waals surface area contributed by atoms with E-state index in [1.807, 2.05) is 0 Å². The second-order valence-corrected chi connectivity index (χ2v) is 6.68. The quantitative estimate of drug-likeness (QED) is 0.774. The molecule has 3 nitrogen and oxygen atoms in total. The number of halogens is 2. The maximum absolute atomic E-state index is 13.5. The van der Waals surface area contributed by atoms with Gasteiger partial charge in [-0.2, -0.15) is 0 Å². The third kappa shape index (κ3) is 4.66. The molecule has 0 heterocycles. The molecule has 0 bridgehead atoms. The van der Waals surface area contributed by atoms with Crippen LogP contribution in [0.25, 0.3) is 0 Å². The van der Waals surface area contributed by atoms with E-state index in [4.69, 9.17) is 0 Å². The number of hydrogen-bond acceptors (Lipinski definition) is 2. The predicted octanol–water partition coefficient (Wildman–Crippen LogP) is 3.45. The van der Waals surface area contributed by atoms with Crippen LogP contribution in [-0.2, 0) is 10.0 Å². The maximum Gasteiger partial charge on any atom is 0.243 e. The average molecular weight is 338 g/mol. The molecular weight excluding hydrogens is 321 g/mol. The summed E-state index contributed by atoms with van der Waals surface area (Å²) in [5.41, 5.74) is 0. The van der Waals surface area contributed by atoms with Crippen LogP contribution >= 0.6 is 15.9 Å².